The van der Waals surface area contributed by atoms with Crippen LogP contribution in [0.25, 0.3) is 10.2 Å². The number of sulfone groups is 1. The van der Waals surface area contributed by atoms with Gasteiger partial charge in [0.2, 0.25) is 0 Å². The molecule has 0 spiro atoms. The van der Waals surface area contributed by atoms with Gasteiger partial charge in [-0.15, -0.1) is 0 Å². The number of anilines is 1. The fourth-order valence-electron chi connectivity index (χ4n) is 3.62. The van der Waals surface area contributed by atoms with Gasteiger partial charge in [-0.2, -0.15) is 0 Å². The van der Waals surface area contributed by atoms with Gasteiger partial charge in [0, 0.05) is 18.4 Å². The van der Waals surface area contributed by atoms with Crippen LogP contribution in [0.3, 0.4) is 0 Å². The third-order valence-corrected chi connectivity index (χ3v) is 7.67. The molecular weight excluding hydrogens is 436 g/mol. The molecule has 164 valence electrons. The average Bonchev–Trinajstić information content (AvgIpc) is 3.42. The van der Waals surface area contributed by atoms with E-state index in [0.29, 0.717) is 29.6 Å². The van der Waals surface area contributed by atoms with Crippen LogP contribution in [0.4, 0.5) is 5.13 Å². The van der Waals surface area contributed by atoms with Crippen molar-refractivity contribution in [3.8, 4) is 5.75 Å². The Morgan fingerprint density at radius 3 is 2.61 bits per heavy atom. The molecule has 9 heteroatoms. The Kier molecular flexibility index (Phi) is 6.00. The fraction of sp³-hybridized carbons (Fsp3) is 0.364. The zero-order valence-corrected chi connectivity index (χ0v) is 19.3. The first kappa shape index (κ1) is 21.7. The van der Waals surface area contributed by atoms with Crippen LogP contribution < -0.4 is 9.64 Å². The molecule has 4 rings (SSSR count). The molecule has 1 amide bonds. The van der Waals surface area contributed by atoms with E-state index in [1.54, 1.807) is 24.1 Å². The summed E-state index contributed by atoms with van der Waals surface area (Å²) in [6.07, 6.45) is 2.92. The van der Waals surface area contributed by atoms with Crippen LogP contribution in [-0.2, 0) is 14.6 Å². The summed E-state index contributed by atoms with van der Waals surface area (Å²) < 4.78 is 35.7. The molecule has 0 saturated carbocycles. The summed E-state index contributed by atoms with van der Waals surface area (Å²) >= 11 is 1.44. The minimum absolute atomic E-state index is 0.0609. The molecule has 31 heavy (non-hydrogen) atoms. The Hall–Kier alpha value is -2.49. The van der Waals surface area contributed by atoms with Crippen molar-refractivity contribution in [3.63, 3.8) is 0 Å². The smallest absolute Gasteiger partial charge is 0.260 e. The van der Waals surface area contributed by atoms with Crippen LogP contribution in [0.1, 0.15) is 28.8 Å². The van der Waals surface area contributed by atoms with Crippen molar-refractivity contribution in [3.05, 3.63) is 47.5 Å². The number of hydrogen-bond donors (Lipinski definition) is 0. The number of ether oxygens (including phenoxy) is 2. The van der Waals surface area contributed by atoms with E-state index in [0.717, 1.165) is 34.9 Å². The molecule has 2 aromatic carbocycles. The number of carbonyl (C=O) groups excluding carboxylic acids is 1. The molecule has 1 fully saturated rings. The van der Waals surface area contributed by atoms with Gasteiger partial charge >= 0.3 is 0 Å². The Morgan fingerprint density at radius 2 is 2.00 bits per heavy atom. The molecule has 1 unspecified atom stereocenters. The minimum Gasteiger partial charge on any atom is -0.494 e. The minimum atomic E-state index is -3.34. The summed E-state index contributed by atoms with van der Waals surface area (Å²) in [5.41, 5.74) is 2.18. The number of amides is 1. The molecule has 1 atom stereocenters. The van der Waals surface area contributed by atoms with Crippen molar-refractivity contribution in [1.82, 2.24) is 4.98 Å². The SMILES string of the molecule is COc1ccc(C)c2sc(N(CC3CCCO3)C(=O)c3ccc(S(C)(=O)=O)cc3)nc12. The van der Waals surface area contributed by atoms with Gasteiger partial charge in [-0.3, -0.25) is 9.69 Å². The van der Waals surface area contributed by atoms with E-state index in [4.69, 9.17) is 14.5 Å². The second-order valence-corrected chi connectivity index (χ2v) is 10.6. The first-order chi connectivity index (χ1) is 14.8. The molecule has 0 N–H and O–H groups in total. The van der Waals surface area contributed by atoms with Crippen molar-refractivity contribution in [2.45, 2.75) is 30.8 Å². The van der Waals surface area contributed by atoms with Crippen molar-refractivity contribution in [1.29, 1.82) is 0 Å². The highest BCUT2D eigenvalue weighted by Crippen LogP contribution is 2.37. The second kappa shape index (κ2) is 8.57. The molecule has 1 aromatic heterocycles. The number of hydrogen-bond acceptors (Lipinski definition) is 7. The Balaban J connectivity index is 1.74. The number of nitrogens with zero attached hydrogens (tertiary/aromatic N) is 2. The fourth-order valence-corrected chi connectivity index (χ4v) is 5.31. The van der Waals surface area contributed by atoms with Crippen LogP contribution in [0, 0.1) is 6.92 Å². The number of rotatable bonds is 6. The van der Waals surface area contributed by atoms with Gasteiger partial charge in [-0.25, -0.2) is 13.4 Å². The van der Waals surface area contributed by atoms with Gasteiger partial charge in [0.25, 0.3) is 5.91 Å². The number of carbonyl (C=O) groups is 1. The van der Waals surface area contributed by atoms with Crippen molar-refractivity contribution in [2.75, 3.05) is 31.4 Å². The molecular formula is C22H24N2O5S2. The molecule has 1 saturated heterocycles. The molecule has 1 aliphatic rings. The largest absolute Gasteiger partial charge is 0.494 e. The van der Waals surface area contributed by atoms with Crippen LogP contribution in [-0.4, -0.2) is 51.9 Å². The van der Waals surface area contributed by atoms with Gasteiger partial charge in [-0.1, -0.05) is 17.4 Å². The summed E-state index contributed by atoms with van der Waals surface area (Å²) in [5.74, 6) is 0.413. The van der Waals surface area contributed by atoms with Crippen LogP contribution in [0.5, 0.6) is 5.75 Å². The maximum atomic E-state index is 13.5. The summed E-state index contributed by atoms with van der Waals surface area (Å²) in [6, 6.07) is 9.84. The highest BCUT2D eigenvalue weighted by atomic mass is 32.2. The monoisotopic (exact) mass is 460 g/mol. The molecule has 0 radical (unpaired) electrons. The summed E-state index contributed by atoms with van der Waals surface area (Å²) in [5, 5.41) is 0.565. The lowest BCUT2D eigenvalue weighted by atomic mass is 10.2. The van der Waals surface area contributed by atoms with E-state index >= 15 is 0 Å². The number of benzene rings is 2. The zero-order valence-electron chi connectivity index (χ0n) is 17.6. The maximum absolute atomic E-state index is 13.5. The number of thiazole rings is 1. The predicted molar refractivity (Wildman–Crippen MR) is 121 cm³/mol. The maximum Gasteiger partial charge on any atom is 0.260 e. The highest BCUT2D eigenvalue weighted by molar-refractivity contribution is 7.90. The summed E-state index contributed by atoms with van der Waals surface area (Å²) in [7, 11) is -1.74. The molecule has 1 aliphatic heterocycles. The number of aromatic nitrogens is 1. The lowest BCUT2D eigenvalue weighted by Crippen LogP contribution is -2.37. The third-order valence-electron chi connectivity index (χ3n) is 5.33. The number of aryl methyl sites for hydroxylation is 1. The van der Waals surface area contributed by atoms with Gasteiger partial charge < -0.3 is 9.47 Å². The number of methoxy groups -OCH3 is 1. The number of fused-ring (bicyclic) bond motifs is 1. The van der Waals surface area contributed by atoms with Crippen molar-refractivity contribution >= 4 is 42.4 Å². The third kappa shape index (κ3) is 4.44. The van der Waals surface area contributed by atoms with E-state index in [9.17, 15) is 13.2 Å². The van der Waals surface area contributed by atoms with Crippen LogP contribution >= 0.6 is 11.3 Å². The standard InChI is InChI=1S/C22H24N2O5S2/c1-14-6-11-18(28-2)19-20(14)30-22(23-19)24(13-16-5-4-12-29-16)21(25)15-7-9-17(10-8-15)31(3,26)27/h6-11,16H,4-5,12-13H2,1-3H3. The van der Waals surface area contributed by atoms with E-state index in [1.807, 2.05) is 19.1 Å². The molecule has 2 heterocycles. The van der Waals surface area contributed by atoms with Crippen molar-refractivity contribution < 1.29 is 22.7 Å². The Labute approximate surface area is 185 Å². The van der Waals surface area contributed by atoms with Gasteiger partial charge in [0.1, 0.15) is 11.3 Å². The normalized spacial score (nSPS) is 16.5. The first-order valence-corrected chi connectivity index (χ1v) is 12.7. The predicted octanol–water partition coefficient (Wildman–Crippen LogP) is 3.84. The van der Waals surface area contributed by atoms with Crippen LogP contribution in [0.2, 0.25) is 0 Å². The lowest BCUT2D eigenvalue weighted by molar-refractivity contribution is 0.0917. The summed E-state index contributed by atoms with van der Waals surface area (Å²) in [6.45, 7) is 3.07. The average molecular weight is 461 g/mol. The van der Waals surface area contributed by atoms with E-state index in [1.165, 1.54) is 23.5 Å². The Morgan fingerprint density at radius 1 is 1.26 bits per heavy atom. The van der Waals surface area contributed by atoms with Gasteiger partial charge in [-0.05, 0) is 55.7 Å². The first-order valence-electron chi connectivity index (χ1n) is 9.95. The second-order valence-electron chi connectivity index (χ2n) is 7.61. The van der Waals surface area contributed by atoms with Gasteiger partial charge in [0.15, 0.2) is 15.0 Å². The Bertz CT molecular complexity index is 1210. The molecule has 0 bridgehead atoms. The zero-order chi connectivity index (χ0) is 22.2. The van der Waals surface area contributed by atoms with Gasteiger partial charge in [0.05, 0.1) is 29.4 Å². The lowest BCUT2D eigenvalue weighted by Gasteiger charge is -2.23. The summed E-state index contributed by atoms with van der Waals surface area (Å²) in [4.78, 5) is 20.0. The van der Waals surface area contributed by atoms with E-state index in [-0.39, 0.29) is 16.9 Å². The van der Waals surface area contributed by atoms with Crippen LogP contribution in [0.15, 0.2) is 41.3 Å². The molecule has 0 aliphatic carbocycles. The quantitative estimate of drug-likeness (QED) is 0.556. The highest BCUT2D eigenvalue weighted by Gasteiger charge is 2.28. The topological polar surface area (TPSA) is 85.8 Å². The van der Waals surface area contributed by atoms with E-state index < -0.39 is 9.84 Å². The molecule has 7 nitrogen and oxygen atoms in total. The van der Waals surface area contributed by atoms with E-state index in [2.05, 4.69) is 0 Å². The molecule has 3 aromatic rings. The van der Waals surface area contributed by atoms with Crippen molar-refractivity contribution in [2.24, 2.45) is 0 Å².